The van der Waals surface area contributed by atoms with Crippen LogP contribution in [0.25, 0.3) is 0 Å². The first-order valence-electron chi connectivity index (χ1n) is 10.7. The summed E-state index contributed by atoms with van der Waals surface area (Å²) >= 11 is 0. The second-order valence-corrected chi connectivity index (χ2v) is 7.87. The highest BCUT2D eigenvalue weighted by Crippen LogP contribution is 2.30. The minimum absolute atomic E-state index is 0.138. The van der Waals surface area contributed by atoms with E-state index in [0.29, 0.717) is 29.2 Å². The molecule has 4 rings (SSSR count). The smallest absolute Gasteiger partial charge is 0.254 e. The van der Waals surface area contributed by atoms with Gasteiger partial charge in [-0.2, -0.15) is 0 Å². The molecule has 34 heavy (non-hydrogen) atoms. The van der Waals surface area contributed by atoms with Crippen molar-refractivity contribution in [2.45, 2.75) is 19.1 Å². The number of oxime groups is 1. The van der Waals surface area contributed by atoms with E-state index in [2.05, 4.69) is 5.16 Å². The van der Waals surface area contributed by atoms with Gasteiger partial charge in [-0.15, -0.1) is 0 Å². The van der Waals surface area contributed by atoms with Gasteiger partial charge in [0.25, 0.3) is 5.91 Å². The molecule has 1 amide bonds. The monoisotopic (exact) mass is 466 g/mol. The van der Waals surface area contributed by atoms with Crippen LogP contribution in [0.3, 0.4) is 0 Å². The Morgan fingerprint density at radius 3 is 2.44 bits per heavy atom. The minimum Gasteiger partial charge on any atom is -0.493 e. The molecule has 0 bridgehead atoms. The van der Waals surface area contributed by atoms with Gasteiger partial charge >= 0.3 is 0 Å². The number of rotatable bonds is 8. The minimum atomic E-state index is -0.507. The van der Waals surface area contributed by atoms with Crippen molar-refractivity contribution < 1.29 is 27.9 Å². The van der Waals surface area contributed by atoms with Gasteiger partial charge in [-0.25, -0.2) is 8.78 Å². The summed E-state index contributed by atoms with van der Waals surface area (Å²) in [7, 11) is 3.12. The third kappa shape index (κ3) is 5.33. The van der Waals surface area contributed by atoms with Gasteiger partial charge in [0.05, 0.1) is 26.5 Å². The van der Waals surface area contributed by atoms with Crippen molar-refractivity contribution in [2.24, 2.45) is 5.16 Å². The standard InChI is InChI=1S/C26H24F2N2O4/c1-32-24-10-9-18(13-25(24)33-2)23-14-22(34-29-23)16-30(15-17-5-3-7-20(27)11-17)26(31)19-6-4-8-21(28)12-19/h3-13,22H,14-16H2,1-2H3/t22-/m1/s1. The zero-order chi connectivity index (χ0) is 24.1. The molecule has 8 heteroatoms. The van der Waals surface area contributed by atoms with Crippen molar-refractivity contribution in [1.29, 1.82) is 0 Å². The molecule has 3 aromatic rings. The van der Waals surface area contributed by atoms with Crippen LogP contribution >= 0.6 is 0 Å². The predicted molar refractivity (Wildman–Crippen MR) is 123 cm³/mol. The first kappa shape index (κ1) is 23.2. The summed E-state index contributed by atoms with van der Waals surface area (Å²) in [4.78, 5) is 20.4. The quantitative estimate of drug-likeness (QED) is 0.478. The molecule has 0 aromatic heterocycles. The lowest BCUT2D eigenvalue weighted by Crippen LogP contribution is -2.37. The van der Waals surface area contributed by atoms with E-state index >= 15 is 0 Å². The summed E-state index contributed by atoms with van der Waals surface area (Å²) in [6, 6.07) is 17.0. The zero-order valence-corrected chi connectivity index (χ0v) is 18.8. The molecular formula is C26H24F2N2O4. The maximum Gasteiger partial charge on any atom is 0.254 e. The molecule has 0 saturated carbocycles. The van der Waals surface area contributed by atoms with Crippen LogP contribution in [0.4, 0.5) is 8.78 Å². The Kier molecular flexibility index (Phi) is 7.06. The summed E-state index contributed by atoms with van der Waals surface area (Å²) in [5.74, 6) is -0.115. The lowest BCUT2D eigenvalue weighted by Gasteiger charge is -2.25. The van der Waals surface area contributed by atoms with E-state index < -0.39 is 17.7 Å². The van der Waals surface area contributed by atoms with E-state index in [9.17, 15) is 13.6 Å². The number of methoxy groups -OCH3 is 2. The largest absolute Gasteiger partial charge is 0.493 e. The fourth-order valence-electron chi connectivity index (χ4n) is 3.84. The third-order valence-corrected chi connectivity index (χ3v) is 5.50. The van der Waals surface area contributed by atoms with E-state index in [4.69, 9.17) is 14.3 Å². The molecular weight excluding hydrogens is 442 g/mol. The number of carbonyl (C=O) groups is 1. The molecule has 0 fully saturated rings. The SMILES string of the molecule is COc1ccc(C2=NO[C@@H](CN(Cc3cccc(F)c3)C(=O)c3cccc(F)c3)C2)cc1OC. The number of hydrogen-bond acceptors (Lipinski definition) is 5. The van der Waals surface area contributed by atoms with Crippen LogP contribution in [0.5, 0.6) is 11.5 Å². The second-order valence-electron chi connectivity index (χ2n) is 7.87. The molecule has 0 saturated heterocycles. The van der Waals surface area contributed by atoms with E-state index in [1.807, 2.05) is 12.1 Å². The average molecular weight is 466 g/mol. The topological polar surface area (TPSA) is 60.4 Å². The Hall–Kier alpha value is -3.94. The van der Waals surface area contributed by atoms with Crippen LogP contribution in [-0.2, 0) is 11.4 Å². The van der Waals surface area contributed by atoms with Gasteiger partial charge in [0, 0.05) is 24.1 Å². The van der Waals surface area contributed by atoms with Gasteiger partial charge in [-0.1, -0.05) is 23.4 Å². The molecule has 176 valence electrons. The summed E-state index contributed by atoms with van der Waals surface area (Å²) in [5, 5.41) is 4.20. The van der Waals surface area contributed by atoms with Gasteiger partial charge < -0.3 is 19.2 Å². The van der Waals surface area contributed by atoms with Crippen molar-refractivity contribution in [3.8, 4) is 11.5 Å². The molecule has 3 aromatic carbocycles. The molecule has 0 spiro atoms. The molecule has 1 aliphatic heterocycles. The first-order chi connectivity index (χ1) is 16.5. The Morgan fingerprint density at radius 2 is 1.74 bits per heavy atom. The fraction of sp³-hybridized carbons (Fsp3) is 0.231. The number of benzene rings is 3. The number of nitrogens with zero attached hydrogens (tertiary/aromatic N) is 2. The van der Waals surface area contributed by atoms with Crippen molar-refractivity contribution in [1.82, 2.24) is 4.90 Å². The third-order valence-electron chi connectivity index (χ3n) is 5.50. The molecule has 6 nitrogen and oxygen atoms in total. The molecule has 1 atom stereocenters. The Bertz CT molecular complexity index is 1210. The number of ether oxygens (including phenoxy) is 2. The molecule has 0 N–H and O–H groups in total. The molecule has 0 aliphatic carbocycles. The van der Waals surface area contributed by atoms with Crippen LogP contribution in [0.1, 0.15) is 27.9 Å². The van der Waals surface area contributed by atoms with Crippen molar-refractivity contribution in [2.75, 3.05) is 20.8 Å². The number of carbonyl (C=O) groups excluding carboxylic acids is 1. The highest BCUT2D eigenvalue weighted by atomic mass is 19.1. The van der Waals surface area contributed by atoms with Crippen LogP contribution < -0.4 is 9.47 Å². The summed E-state index contributed by atoms with van der Waals surface area (Å²) in [6.07, 6.45) is 0.0279. The average Bonchev–Trinajstić information content (AvgIpc) is 3.31. The molecule has 0 unspecified atom stereocenters. The predicted octanol–water partition coefficient (Wildman–Crippen LogP) is 4.82. The van der Waals surface area contributed by atoms with Gasteiger partial charge in [0.2, 0.25) is 0 Å². The van der Waals surface area contributed by atoms with Crippen LogP contribution in [0.2, 0.25) is 0 Å². The lowest BCUT2D eigenvalue weighted by atomic mass is 10.0. The normalized spacial score (nSPS) is 14.8. The summed E-state index contributed by atoms with van der Waals surface area (Å²) < 4.78 is 38.1. The van der Waals surface area contributed by atoms with Crippen LogP contribution in [0, 0.1) is 11.6 Å². The highest BCUT2D eigenvalue weighted by Gasteiger charge is 2.28. The van der Waals surface area contributed by atoms with E-state index in [0.717, 1.165) is 5.56 Å². The highest BCUT2D eigenvalue weighted by molar-refractivity contribution is 6.02. The van der Waals surface area contributed by atoms with Crippen LogP contribution in [0.15, 0.2) is 71.9 Å². The van der Waals surface area contributed by atoms with Gasteiger partial charge in [-0.05, 0) is 54.1 Å². The number of amides is 1. The van der Waals surface area contributed by atoms with E-state index in [-0.39, 0.29) is 24.6 Å². The van der Waals surface area contributed by atoms with Gasteiger partial charge in [0.1, 0.15) is 11.6 Å². The van der Waals surface area contributed by atoms with Crippen molar-refractivity contribution in [3.63, 3.8) is 0 Å². The van der Waals surface area contributed by atoms with Crippen molar-refractivity contribution in [3.05, 3.63) is 95.1 Å². The summed E-state index contributed by atoms with van der Waals surface area (Å²) in [5.41, 5.74) is 2.34. The second kappa shape index (κ2) is 10.3. The Labute approximate surface area is 196 Å². The first-order valence-corrected chi connectivity index (χ1v) is 10.7. The van der Waals surface area contributed by atoms with Gasteiger partial charge in [-0.3, -0.25) is 4.79 Å². The Morgan fingerprint density at radius 1 is 1.00 bits per heavy atom. The summed E-state index contributed by atoms with van der Waals surface area (Å²) in [6.45, 7) is 0.324. The maximum atomic E-state index is 13.7. The number of hydrogen-bond donors (Lipinski definition) is 0. The van der Waals surface area contributed by atoms with Crippen LogP contribution in [-0.4, -0.2) is 43.4 Å². The number of halogens is 2. The van der Waals surface area contributed by atoms with E-state index in [1.165, 1.54) is 35.2 Å². The van der Waals surface area contributed by atoms with E-state index in [1.54, 1.807) is 38.5 Å². The maximum absolute atomic E-state index is 13.7. The molecule has 1 aliphatic rings. The van der Waals surface area contributed by atoms with Gasteiger partial charge in [0.15, 0.2) is 17.6 Å². The molecule has 0 radical (unpaired) electrons. The fourth-order valence-corrected chi connectivity index (χ4v) is 3.84. The zero-order valence-electron chi connectivity index (χ0n) is 18.8. The lowest BCUT2D eigenvalue weighted by molar-refractivity contribution is 0.0404. The molecule has 1 heterocycles. The van der Waals surface area contributed by atoms with Crippen molar-refractivity contribution >= 4 is 11.6 Å². The Balaban J connectivity index is 1.52.